The number of benzene rings is 2. The van der Waals surface area contributed by atoms with Crippen LogP contribution in [0.5, 0.6) is 5.75 Å². The Kier molecular flexibility index (Phi) is 6.24. The van der Waals surface area contributed by atoms with Gasteiger partial charge in [-0.1, -0.05) is 23.2 Å². The smallest absolute Gasteiger partial charge is 0.324 e. The van der Waals surface area contributed by atoms with Gasteiger partial charge in [-0.2, -0.15) is 0 Å². The van der Waals surface area contributed by atoms with Gasteiger partial charge in [-0.25, -0.2) is 0 Å². The van der Waals surface area contributed by atoms with Crippen molar-refractivity contribution >= 4 is 51.3 Å². The molecule has 0 amide bonds. The van der Waals surface area contributed by atoms with Crippen LogP contribution in [-0.2, 0) is 15.6 Å². The number of nitro benzene ring substituents is 2. The zero-order valence-corrected chi connectivity index (χ0v) is 14.9. The van der Waals surface area contributed by atoms with Gasteiger partial charge >= 0.3 is 5.97 Å². The molecule has 1 unspecified atom stereocenters. The molecule has 0 fully saturated rings. The van der Waals surface area contributed by atoms with Crippen LogP contribution in [0, 0.1) is 20.2 Å². The summed E-state index contributed by atoms with van der Waals surface area (Å²) in [6.07, 6.45) is 0. The summed E-state index contributed by atoms with van der Waals surface area (Å²) in [7, 11) is -2.16. The number of ether oxygens (including phenoxy) is 1. The van der Waals surface area contributed by atoms with Crippen molar-refractivity contribution in [2.45, 2.75) is 4.90 Å². The molecule has 0 aliphatic heterocycles. The number of hydrogen-bond donors (Lipinski definition) is 0. The Hall–Kier alpha value is -2.56. The zero-order valence-electron chi connectivity index (χ0n) is 12.6. The minimum absolute atomic E-state index is 0.0173. The fourth-order valence-corrected chi connectivity index (χ4v) is 3.31. The highest BCUT2D eigenvalue weighted by Gasteiger charge is 2.25. The topological polar surface area (TPSA) is 130 Å². The summed E-state index contributed by atoms with van der Waals surface area (Å²) >= 11 is 11.6. The van der Waals surface area contributed by atoms with E-state index in [0.29, 0.717) is 11.1 Å². The first-order chi connectivity index (χ1) is 12.2. The molecule has 0 aliphatic carbocycles. The second kappa shape index (κ2) is 8.21. The Balaban J connectivity index is 2.20. The molecule has 1 atom stereocenters. The van der Waals surface area contributed by atoms with E-state index in [0.717, 1.165) is 12.1 Å². The van der Waals surface area contributed by atoms with Crippen LogP contribution in [0.4, 0.5) is 11.4 Å². The van der Waals surface area contributed by atoms with Crippen molar-refractivity contribution in [2.24, 2.45) is 0 Å². The van der Waals surface area contributed by atoms with Crippen LogP contribution in [0.1, 0.15) is 0 Å². The molecular weight excluding hydrogens is 411 g/mol. The third kappa shape index (κ3) is 4.75. The van der Waals surface area contributed by atoms with Crippen LogP contribution in [0.25, 0.3) is 0 Å². The number of hydrogen-bond acceptors (Lipinski definition) is 7. The fourth-order valence-electron chi connectivity index (χ4n) is 1.85. The molecule has 136 valence electrons. The monoisotopic (exact) mass is 418 g/mol. The SMILES string of the molecule is O=C(CS(=O)c1ccc([N+](=O)[O-])cc1[N+](=O)[O-])Oc1ccc(Cl)cc1Cl. The maximum Gasteiger partial charge on any atom is 0.324 e. The average molecular weight is 419 g/mol. The molecule has 0 spiro atoms. The molecule has 0 aromatic heterocycles. The molecule has 0 radical (unpaired) electrons. The van der Waals surface area contributed by atoms with E-state index >= 15 is 0 Å². The van der Waals surface area contributed by atoms with Crippen molar-refractivity contribution in [3.8, 4) is 5.75 Å². The predicted octanol–water partition coefficient (Wildman–Crippen LogP) is 3.52. The maximum absolute atomic E-state index is 12.3. The van der Waals surface area contributed by atoms with Gasteiger partial charge < -0.3 is 4.74 Å². The van der Waals surface area contributed by atoms with Gasteiger partial charge in [-0.05, 0) is 24.3 Å². The van der Waals surface area contributed by atoms with Crippen LogP contribution in [-0.4, -0.2) is 25.8 Å². The number of rotatable bonds is 6. The highest BCUT2D eigenvalue weighted by Crippen LogP contribution is 2.29. The van der Waals surface area contributed by atoms with Gasteiger partial charge in [-0.3, -0.25) is 29.2 Å². The van der Waals surface area contributed by atoms with E-state index in [1.165, 1.54) is 18.2 Å². The number of nitrogens with zero attached hydrogens (tertiary/aromatic N) is 2. The highest BCUT2D eigenvalue weighted by atomic mass is 35.5. The summed E-state index contributed by atoms with van der Waals surface area (Å²) in [5, 5.41) is 22.1. The average Bonchev–Trinajstić information content (AvgIpc) is 2.56. The number of carbonyl (C=O) groups excluding carboxylic acids is 1. The second-order valence-electron chi connectivity index (χ2n) is 4.70. The minimum atomic E-state index is -2.16. The first-order valence-electron chi connectivity index (χ1n) is 6.66. The quantitative estimate of drug-likeness (QED) is 0.303. The molecule has 0 heterocycles. The summed E-state index contributed by atoms with van der Waals surface area (Å²) in [5.41, 5.74) is -1.26. The van der Waals surface area contributed by atoms with E-state index in [4.69, 9.17) is 27.9 Å². The van der Waals surface area contributed by atoms with Crippen molar-refractivity contribution in [1.29, 1.82) is 0 Å². The van der Waals surface area contributed by atoms with E-state index in [1.807, 2.05) is 0 Å². The third-order valence-electron chi connectivity index (χ3n) is 2.96. The molecule has 0 N–H and O–H groups in total. The molecule has 9 nitrogen and oxygen atoms in total. The van der Waals surface area contributed by atoms with Gasteiger partial charge in [0.05, 0.1) is 31.7 Å². The van der Waals surface area contributed by atoms with Crippen molar-refractivity contribution in [2.75, 3.05) is 5.75 Å². The van der Waals surface area contributed by atoms with Crippen LogP contribution in [0.2, 0.25) is 10.0 Å². The molecule has 0 bridgehead atoms. The molecule has 2 aromatic carbocycles. The maximum atomic E-state index is 12.3. The molecule has 12 heteroatoms. The summed E-state index contributed by atoms with van der Waals surface area (Å²) in [6, 6.07) is 6.70. The number of nitro groups is 2. The van der Waals surface area contributed by atoms with E-state index in [9.17, 15) is 29.2 Å². The lowest BCUT2D eigenvalue weighted by molar-refractivity contribution is -0.396. The highest BCUT2D eigenvalue weighted by molar-refractivity contribution is 7.86. The van der Waals surface area contributed by atoms with Crippen LogP contribution in [0.15, 0.2) is 41.3 Å². The molecule has 0 aliphatic rings. The zero-order chi connectivity index (χ0) is 19.4. The van der Waals surface area contributed by atoms with Crippen molar-refractivity contribution in [3.63, 3.8) is 0 Å². The lowest BCUT2D eigenvalue weighted by Crippen LogP contribution is -2.18. The van der Waals surface area contributed by atoms with Crippen molar-refractivity contribution in [1.82, 2.24) is 0 Å². The van der Waals surface area contributed by atoms with E-state index < -0.39 is 43.7 Å². The molecule has 2 rings (SSSR count). The van der Waals surface area contributed by atoms with Gasteiger partial charge in [-0.15, -0.1) is 0 Å². The fraction of sp³-hybridized carbons (Fsp3) is 0.0714. The summed E-state index contributed by atoms with van der Waals surface area (Å²) in [5.74, 6) is -1.69. The summed E-state index contributed by atoms with van der Waals surface area (Å²) in [4.78, 5) is 31.6. The molecule has 0 saturated carbocycles. The van der Waals surface area contributed by atoms with Gasteiger partial charge in [0.2, 0.25) is 0 Å². The van der Waals surface area contributed by atoms with Crippen molar-refractivity contribution < 1.29 is 23.6 Å². The lowest BCUT2D eigenvalue weighted by atomic mass is 10.3. The molecular formula is C14H8Cl2N2O7S. The second-order valence-corrected chi connectivity index (χ2v) is 6.97. The Morgan fingerprint density at radius 1 is 1.08 bits per heavy atom. The van der Waals surface area contributed by atoms with Gasteiger partial charge in [0.15, 0.2) is 0 Å². The first kappa shape index (κ1) is 19.8. The predicted molar refractivity (Wildman–Crippen MR) is 93.1 cm³/mol. The van der Waals surface area contributed by atoms with Crippen molar-refractivity contribution in [3.05, 3.63) is 66.7 Å². The largest absolute Gasteiger partial charge is 0.424 e. The Bertz CT molecular complexity index is 936. The first-order valence-corrected chi connectivity index (χ1v) is 8.73. The molecule has 0 saturated heterocycles. The summed E-state index contributed by atoms with van der Waals surface area (Å²) in [6.45, 7) is 0. The Morgan fingerprint density at radius 3 is 2.35 bits per heavy atom. The molecule has 2 aromatic rings. The number of non-ortho nitro benzene ring substituents is 1. The minimum Gasteiger partial charge on any atom is -0.424 e. The van der Waals surface area contributed by atoms with Crippen LogP contribution in [0.3, 0.4) is 0 Å². The molecule has 26 heavy (non-hydrogen) atoms. The van der Waals surface area contributed by atoms with Crippen LogP contribution < -0.4 is 4.74 Å². The number of esters is 1. The van der Waals surface area contributed by atoms with Gasteiger partial charge in [0.1, 0.15) is 16.4 Å². The number of carbonyl (C=O) groups is 1. The lowest BCUT2D eigenvalue weighted by Gasteiger charge is -2.07. The Morgan fingerprint density at radius 2 is 1.77 bits per heavy atom. The standard InChI is InChI=1S/C14H8Cl2N2O7S/c15-8-1-3-12(10(16)5-8)25-14(19)7-26(24)13-4-2-9(17(20)21)6-11(13)18(22)23/h1-6H,7H2. The van der Waals surface area contributed by atoms with Crippen LogP contribution >= 0.6 is 23.2 Å². The summed E-state index contributed by atoms with van der Waals surface area (Å²) < 4.78 is 17.2. The van der Waals surface area contributed by atoms with E-state index in [-0.39, 0.29) is 15.7 Å². The van der Waals surface area contributed by atoms with Gasteiger partial charge in [0, 0.05) is 11.1 Å². The van der Waals surface area contributed by atoms with E-state index in [2.05, 4.69) is 0 Å². The number of halogens is 2. The normalized spacial score (nSPS) is 11.6. The third-order valence-corrected chi connectivity index (χ3v) is 4.83. The Labute approximate surface area is 158 Å². The van der Waals surface area contributed by atoms with Gasteiger partial charge in [0.25, 0.3) is 11.4 Å². The van der Waals surface area contributed by atoms with E-state index in [1.54, 1.807) is 0 Å².